The van der Waals surface area contributed by atoms with Gasteiger partial charge in [-0.2, -0.15) is 0 Å². The lowest BCUT2D eigenvalue weighted by Gasteiger charge is -2.44. The normalized spacial score (nSPS) is 15.1. The molecule has 9 heteroatoms. The first-order valence-corrected chi connectivity index (χ1v) is 23.5. The predicted molar refractivity (Wildman–Crippen MR) is 112 cm³/mol. The van der Waals surface area contributed by atoms with Gasteiger partial charge >= 0.3 is 17.4 Å². The van der Waals surface area contributed by atoms with Crippen molar-refractivity contribution in [2.75, 3.05) is 0 Å². The molecule has 0 amide bonds. The first kappa shape index (κ1) is 23.9. The lowest BCUT2D eigenvalue weighted by atomic mass is 10.6. The Labute approximate surface area is 150 Å². The van der Waals surface area contributed by atoms with Gasteiger partial charge in [0.1, 0.15) is 0 Å². The Morgan fingerprint density at radius 2 is 0.913 bits per heavy atom. The Bertz CT molecular complexity index is 353. The van der Waals surface area contributed by atoms with Crippen LogP contribution in [0.25, 0.3) is 0 Å². The zero-order chi connectivity index (χ0) is 18.7. The molecule has 0 spiro atoms. The minimum Gasteiger partial charge on any atom is -0.437 e. The third kappa shape index (κ3) is 12.0. The molecule has 0 aromatic carbocycles. The summed E-state index contributed by atoms with van der Waals surface area (Å²) in [6.07, 6.45) is 0.763. The molecule has 0 aliphatic carbocycles. The van der Waals surface area contributed by atoms with Crippen molar-refractivity contribution in [3.05, 3.63) is 6.92 Å². The van der Waals surface area contributed by atoms with Gasteiger partial charge in [-0.3, -0.25) is 0 Å². The summed E-state index contributed by atoms with van der Waals surface area (Å²) in [7, 11) is -10.4. The van der Waals surface area contributed by atoms with E-state index >= 15 is 0 Å². The van der Waals surface area contributed by atoms with Crippen molar-refractivity contribution in [3.63, 3.8) is 0 Å². The Morgan fingerprint density at radius 3 is 1.17 bits per heavy atom. The Hall–Kier alpha value is 0.924. The number of hydrogen-bond acceptors (Lipinski definition) is 4. The van der Waals surface area contributed by atoms with Crippen molar-refractivity contribution in [1.82, 2.24) is 0 Å². The minimum absolute atomic E-state index is 0.763. The Balaban J connectivity index is 5.61. The van der Waals surface area contributed by atoms with Gasteiger partial charge < -0.3 is 16.5 Å². The van der Waals surface area contributed by atoms with Crippen molar-refractivity contribution in [1.29, 1.82) is 0 Å². The van der Waals surface area contributed by atoms with Gasteiger partial charge in [-0.05, 0) is 78.4 Å². The molecule has 0 aliphatic rings. The van der Waals surface area contributed by atoms with E-state index in [1.54, 1.807) is 0 Å². The summed E-state index contributed by atoms with van der Waals surface area (Å²) in [6.45, 7) is 28.1. The van der Waals surface area contributed by atoms with Gasteiger partial charge in [0.25, 0.3) is 0 Å². The highest BCUT2D eigenvalue weighted by Crippen LogP contribution is 2.31. The van der Waals surface area contributed by atoms with E-state index in [-0.39, 0.29) is 0 Å². The lowest BCUT2D eigenvalue weighted by molar-refractivity contribution is 0.227. The first-order valence-electron chi connectivity index (χ1n) is 8.49. The van der Waals surface area contributed by atoms with Crippen LogP contribution in [-0.4, -0.2) is 42.3 Å². The Morgan fingerprint density at radius 1 is 0.565 bits per heavy atom. The van der Waals surface area contributed by atoms with E-state index in [9.17, 15) is 0 Å². The summed E-state index contributed by atoms with van der Waals surface area (Å²) in [6, 6.07) is 0.771. The standard InChI is InChI=1S/C14H39O4Si5/c1-13-14-23(16-20(5,6)7,17-21(8,9)10)18-22(11,12)15-19(2,3)4/h1,13-14H2,2-12H3. The van der Waals surface area contributed by atoms with Crippen molar-refractivity contribution >= 4 is 42.3 Å². The molecule has 0 unspecified atom stereocenters. The molecular weight excluding hydrogens is 373 g/mol. The van der Waals surface area contributed by atoms with Gasteiger partial charge in [0.05, 0.1) is 0 Å². The molecule has 0 fully saturated rings. The maximum Gasteiger partial charge on any atom is 0.471 e. The molecule has 0 saturated heterocycles. The first-order chi connectivity index (χ1) is 9.89. The quantitative estimate of drug-likeness (QED) is 0.449. The topological polar surface area (TPSA) is 36.9 Å². The summed E-state index contributed by atoms with van der Waals surface area (Å²) < 4.78 is 26.2. The van der Waals surface area contributed by atoms with Gasteiger partial charge in [-0.15, -0.1) is 0 Å². The van der Waals surface area contributed by atoms with Gasteiger partial charge in [-0.25, -0.2) is 0 Å². The zero-order valence-electron chi connectivity index (χ0n) is 17.3. The second-order valence-corrected chi connectivity index (χ2v) is 30.0. The van der Waals surface area contributed by atoms with E-state index in [1.807, 2.05) is 0 Å². The fourth-order valence-corrected chi connectivity index (χ4v) is 22.7. The second-order valence-electron chi connectivity index (χ2n) is 9.43. The van der Waals surface area contributed by atoms with E-state index in [0.29, 0.717) is 0 Å². The molecule has 1 radical (unpaired) electrons. The fraction of sp³-hybridized carbons (Fsp3) is 0.929. The SMILES string of the molecule is [CH2]CC[Si](O[Si](C)(C)C)(O[Si](C)(C)C)O[Si](C)(C)O[Si](C)(C)C. The van der Waals surface area contributed by atoms with Crippen LogP contribution in [0.3, 0.4) is 0 Å². The molecule has 23 heavy (non-hydrogen) atoms. The molecule has 139 valence electrons. The summed E-state index contributed by atoms with van der Waals surface area (Å²) in [5, 5.41) is 0. The second kappa shape index (κ2) is 8.08. The maximum absolute atomic E-state index is 6.67. The van der Waals surface area contributed by atoms with Crippen LogP contribution in [0.2, 0.25) is 78.1 Å². The largest absolute Gasteiger partial charge is 0.471 e. The van der Waals surface area contributed by atoms with Crippen LogP contribution in [0.1, 0.15) is 6.42 Å². The lowest BCUT2D eigenvalue weighted by Crippen LogP contribution is -2.62. The molecule has 0 rings (SSSR count). The molecule has 0 atom stereocenters. The third-order valence-corrected chi connectivity index (χ3v) is 18.3. The summed E-state index contributed by atoms with van der Waals surface area (Å²) in [4.78, 5) is 0. The molecule has 4 nitrogen and oxygen atoms in total. The number of rotatable bonds is 10. The highest BCUT2D eigenvalue weighted by molar-refractivity contribution is 6.91. The number of hydrogen-bond donors (Lipinski definition) is 0. The van der Waals surface area contributed by atoms with Crippen molar-refractivity contribution in [2.24, 2.45) is 0 Å². The molecule has 0 saturated carbocycles. The van der Waals surface area contributed by atoms with Crippen LogP contribution >= 0.6 is 0 Å². The fourth-order valence-electron chi connectivity index (χ4n) is 2.50. The van der Waals surface area contributed by atoms with Gasteiger partial charge in [0, 0.05) is 6.04 Å². The molecule has 0 bridgehead atoms. The van der Waals surface area contributed by atoms with E-state index in [1.165, 1.54) is 0 Å². The molecule has 0 aromatic heterocycles. The third-order valence-electron chi connectivity index (χ3n) is 2.36. The van der Waals surface area contributed by atoms with E-state index in [0.717, 1.165) is 12.5 Å². The average Bonchev–Trinajstić information content (AvgIpc) is 2.03. The van der Waals surface area contributed by atoms with Crippen LogP contribution in [0.5, 0.6) is 0 Å². The molecule has 0 aromatic rings. The Kier molecular flexibility index (Phi) is 8.41. The van der Waals surface area contributed by atoms with Crippen molar-refractivity contribution in [2.45, 2.75) is 84.5 Å². The van der Waals surface area contributed by atoms with Crippen LogP contribution in [0.4, 0.5) is 0 Å². The molecule has 0 aliphatic heterocycles. The predicted octanol–water partition coefficient (Wildman–Crippen LogP) is 5.42. The van der Waals surface area contributed by atoms with E-state index in [4.69, 9.17) is 16.5 Å². The minimum atomic E-state index is -2.78. The van der Waals surface area contributed by atoms with E-state index in [2.05, 4.69) is 78.9 Å². The van der Waals surface area contributed by atoms with E-state index < -0.39 is 42.3 Å². The van der Waals surface area contributed by atoms with Crippen molar-refractivity contribution < 1.29 is 16.5 Å². The molecule has 0 N–H and O–H groups in total. The highest BCUT2D eigenvalue weighted by atomic mass is 28.5. The van der Waals surface area contributed by atoms with Crippen LogP contribution in [-0.2, 0) is 16.5 Å². The van der Waals surface area contributed by atoms with Crippen LogP contribution in [0, 0.1) is 6.92 Å². The monoisotopic (exact) mass is 411 g/mol. The molecular formula is C14H39O4Si5. The maximum atomic E-state index is 6.67. The van der Waals surface area contributed by atoms with Gasteiger partial charge in [0.2, 0.25) is 0 Å². The average molecular weight is 412 g/mol. The summed E-state index contributed by atoms with van der Waals surface area (Å²) in [5.74, 6) is 0. The van der Waals surface area contributed by atoms with Crippen LogP contribution in [0.15, 0.2) is 0 Å². The van der Waals surface area contributed by atoms with Gasteiger partial charge in [0.15, 0.2) is 25.0 Å². The van der Waals surface area contributed by atoms with Crippen LogP contribution < -0.4 is 0 Å². The smallest absolute Gasteiger partial charge is 0.437 e. The van der Waals surface area contributed by atoms with Crippen molar-refractivity contribution in [3.8, 4) is 0 Å². The highest BCUT2D eigenvalue weighted by Gasteiger charge is 2.51. The molecule has 0 heterocycles. The summed E-state index contributed by atoms with van der Waals surface area (Å²) in [5.41, 5.74) is 0. The summed E-state index contributed by atoms with van der Waals surface area (Å²) >= 11 is 0. The zero-order valence-corrected chi connectivity index (χ0v) is 22.3. The van der Waals surface area contributed by atoms with Gasteiger partial charge in [-0.1, -0.05) is 6.92 Å².